The Bertz CT molecular complexity index is 939. The summed E-state index contributed by atoms with van der Waals surface area (Å²) in [6.45, 7) is 10.4. The van der Waals surface area contributed by atoms with Crippen molar-refractivity contribution in [1.29, 1.82) is 0 Å². The summed E-state index contributed by atoms with van der Waals surface area (Å²) in [5, 5.41) is 40.0. The Kier molecular flexibility index (Phi) is 6.83. The average molecular weight is 452 g/mol. The number of halogens is 1. The van der Waals surface area contributed by atoms with Gasteiger partial charge in [0.05, 0.1) is 11.1 Å². The number of aromatic hydroxyl groups is 2. The van der Waals surface area contributed by atoms with Crippen LogP contribution in [0.3, 0.4) is 0 Å². The van der Waals surface area contributed by atoms with Crippen LogP contribution in [0.15, 0.2) is 12.1 Å². The van der Waals surface area contributed by atoms with Crippen molar-refractivity contribution in [3.63, 3.8) is 0 Å². The van der Waals surface area contributed by atoms with Gasteiger partial charge < -0.3 is 26.0 Å². The lowest BCUT2D eigenvalue weighted by Crippen LogP contribution is -2.50. The summed E-state index contributed by atoms with van der Waals surface area (Å²) >= 11 is 5.86. The van der Waals surface area contributed by atoms with E-state index < -0.39 is 6.10 Å². The minimum absolute atomic E-state index is 0.0314. The van der Waals surface area contributed by atoms with Crippen LogP contribution in [0.2, 0.25) is 5.02 Å². The Labute approximate surface area is 186 Å². The van der Waals surface area contributed by atoms with Gasteiger partial charge in [0.15, 0.2) is 11.6 Å². The van der Waals surface area contributed by atoms with Crippen molar-refractivity contribution in [3.05, 3.63) is 22.7 Å². The van der Waals surface area contributed by atoms with Gasteiger partial charge in [-0.2, -0.15) is 9.97 Å². The molecule has 1 atom stereocenters. The van der Waals surface area contributed by atoms with E-state index in [4.69, 9.17) is 11.6 Å². The van der Waals surface area contributed by atoms with Crippen LogP contribution in [-0.2, 0) is 6.54 Å². The van der Waals surface area contributed by atoms with Crippen LogP contribution in [-0.4, -0.2) is 50.0 Å². The maximum absolute atomic E-state index is 10.2. The second-order valence-corrected chi connectivity index (χ2v) is 8.52. The zero-order valence-corrected chi connectivity index (χ0v) is 19.1. The summed E-state index contributed by atoms with van der Waals surface area (Å²) in [4.78, 5) is 9.27. The topological polar surface area (TPSA) is 129 Å². The molecule has 1 aromatic carbocycles. The molecule has 0 bridgehead atoms. The quantitative estimate of drug-likeness (QED) is 0.333. The second-order valence-electron chi connectivity index (χ2n) is 8.11. The van der Waals surface area contributed by atoms with Crippen LogP contribution < -0.4 is 26.2 Å². The lowest BCUT2D eigenvalue weighted by Gasteiger charge is -2.27. The first-order chi connectivity index (χ1) is 14.6. The van der Waals surface area contributed by atoms with Gasteiger partial charge in [-0.05, 0) is 40.7 Å². The van der Waals surface area contributed by atoms with Crippen LogP contribution in [0, 0.1) is 0 Å². The number of nitrogens with zero attached hydrogens (tertiary/aromatic N) is 4. The number of hydrazine groups is 2. The minimum Gasteiger partial charge on any atom is -0.508 e. The number of benzene rings is 1. The zero-order chi connectivity index (χ0) is 22.9. The van der Waals surface area contributed by atoms with E-state index in [-0.39, 0.29) is 35.2 Å². The highest BCUT2D eigenvalue weighted by molar-refractivity contribution is 6.32. The molecule has 3 rings (SSSR count). The maximum Gasteiger partial charge on any atom is 0.226 e. The Morgan fingerprint density at radius 1 is 1.00 bits per heavy atom. The van der Waals surface area contributed by atoms with E-state index in [0.717, 1.165) is 5.69 Å². The number of nitrogens with one attached hydrogen (secondary N) is 3. The fourth-order valence-corrected chi connectivity index (χ4v) is 3.29. The van der Waals surface area contributed by atoms with E-state index in [1.807, 2.05) is 37.7 Å². The predicted octanol–water partition coefficient (Wildman–Crippen LogP) is 2.81. The Balaban J connectivity index is 2.01. The summed E-state index contributed by atoms with van der Waals surface area (Å²) in [5.41, 5.74) is 4.59. The third kappa shape index (κ3) is 4.97. The van der Waals surface area contributed by atoms with Gasteiger partial charge in [0.1, 0.15) is 17.2 Å². The lowest BCUT2D eigenvalue weighted by atomic mass is 10.2. The number of phenolic OH excluding ortho intramolecular Hbond substituents is 2. The molecule has 1 aliphatic heterocycles. The average Bonchev–Trinajstić information content (AvgIpc) is 3.08. The van der Waals surface area contributed by atoms with E-state index in [0.29, 0.717) is 29.7 Å². The highest BCUT2D eigenvalue weighted by Crippen LogP contribution is 2.40. The molecular weight excluding hydrogens is 422 g/mol. The lowest BCUT2D eigenvalue weighted by molar-refractivity contribution is 0.208. The molecule has 6 N–H and O–H groups in total. The van der Waals surface area contributed by atoms with Crippen LogP contribution in [0.4, 0.5) is 23.3 Å². The van der Waals surface area contributed by atoms with E-state index in [9.17, 15) is 15.3 Å². The number of anilines is 4. The second kappa shape index (κ2) is 9.21. The summed E-state index contributed by atoms with van der Waals surface area (Å²) in [6.07, 6.45) is -0.561. The molecule has 0 aliphatic carbocycles. The number of aromatic nitrogens is 2. The van der Waals surface area contributed by atoms with Gasteiger partial charge in [-0.25, -0.2) is 0 Å². The smallest absolute Gasteiger partial charge is 0.226 e. The molecule has 0 saturated heterocycles. The minimum atomic E-state index is -0.561. The van der Waals surface area contributed by atoms with Crippen molar-refractivity contribution in [3.8, 4) is 11.5 Å². The van der Waals surface area contributed by atoms with Crippen molar-refractivity contribution in [1.82, 2.24) is 15.5 Å². The van der Waals surface area contributed by atoms with Crippen molar-refractivity contribution >= 4 is 34.9 Å². The van der Waals surface area contributed by atoms with Crippen molar-refractivity contribution in [2.75, 3.05) is 27.2 Å². The third-order valence-electron chi connectivity index (χ3n) is 4.73. The van der Waals surface area contributed by atoms with E-state index >= 15 is 0 Å². The summed E-state index contributed by atoms with van der Waals surface area (Å²) in [7, 11) is 0. The molecule has 2 aromatic rings. The summed E-state index contributed by atoms with van der Waals surface area (Å²) in [6, 6.07) is 2.94. The van der Waals surface area contributed by atoms with Crippen LogP contribution in [0.25, 0.3) is 0 Å². The number of fused-ring (bicyclic) bond motifs is 1. The summed E-state index contributed by atoms with van der Waals surface area (Å²) < 4.78 is 0. The molecule has 31 heavy (non-hydrogen) atoms. The van der Waals surface area contributed by atoms with Crippen LogP contribution in [0.5, 0.6) is 11.5 Å². The molecule has 1 aromatic heterocycles. The van der Waals surface area contributed by atoms with Gasteiger partial charge in [0.25, 0.3) is 0 Å². The first-order valence-corrected chi connectivity index (χ1v) is 10.6. The Morgan fingerprint density at radius 3 is 2.29 bits per heavy atom. The molecule has 10 nitrogen and oxygen atoms in total. The van der Waals surface area contributed by atoms with Gasteiger partial charge in [0.2, 0.25) is 5.95 Å². The fraction of sp³-hybridized carbons (Fsp3) is 0.500. The molecule has 1 unspecified atom stereocenters. The predicted molar refractivity (Wildman–Crippen MR) is 123 cm³/mol. The van der Waals surface area contributed by atoms with Crippen molar-refractivity contribution in [2.45, 2.75) is 59.4 Å². The number of rotatable bonds is 8. The largest absolute Gasteiger partial charge is 0.508 e. The van der Waals surface area contributed by atoms with Gasteiger partial charge in [-0.15, -0.1) is 5.53 Å². The molecule has 0 radical (unpaired) electrons. The normalized spacial score (nSPS) is 14.4. The van der Waals surface area contributed by atoms with Crippen LogP contribution in [0.1, 0.15) is 40.2 Å². The molecule has 0 spiro atoms. The van der Waals surface area contributed by atoms with Crippen molar-refractivity contribution < 1.29 is 15.3 Å². The van der Waals surface area contributed by atoms with E-state index in [1.54, 1.807) is 6.92 Å². The van der Waals surface area contributed by atoms with Crippen LogP contribution >= 0.6 is 11.6 Å². The van der Waals surface area contributed by atoms with Gasteiger partial charge in [0, 0.05) is 36.8 Å². The molecular formula is C20H30ClN7O3. The molecule has 0 amide bonds. The Morgan fingerprint density at radius 2 is 1.68 bits per heavy atom. The monoisotopic (exact) mass is 451 g/mol. The molecule has 0 saturated carbocycles. The van der Waals surface area contributed by atoms with Gasteiger partial charge in [-0.3, -0.25) is 10.0 Å². The highest BCUT2D eigenvalue weighted by atomic mass is 35.5. The molecule has 1 aliphatic rings. The molecule has 2 heterocycles. The SMILES string of the molecule is CC(O)CNc1nc(NCc2cc(O)c(Cl)cc2O)c2c(n1)N(C(C)C)NN2C(C)C. The molecule has 0 fully saturated rings. The van der Waals surface area contributed by atoms with E-state index in [2.05, 4.69) is 26.1 Å². The van der Waals surface area contributed by atoms with Gasteiger partial charge in [-0.1, -0.05) is 11.6 Å². The Hall–Kier alpha value is -2.69. The summed E-state index contributed by atoms with van der Waals surface area (Å²) in [5.74, 6) is 1.45. The molecule has 170 valence electrons. The third-order valence-corrected chi connectivity index (χ3v) is 5.04. The number of aliphatic hydroxyl groups excluding tert-OH is 1. The van der Waals surface area contributed by atoms with E-state index in [1.165, 1.54) is 12.1 Å². The first kappa shape index (κ1) is 23.0. The fourth-order valence-electron chi connectivity index (χ4n) is 3.14. The maximum atomic E-state index is 10.2. The number of hydrogen-bond donors (Lipinski definition) is 6. The standard InChI is InChI=1S/C20H30ClN7O3/c1-10(2)27-17-18(22-9-13-6-16(31)14(21)7-15(13)30)24-20(23-8-12(5)29)25-19(17)28(26-27)11(3)4/h6-7,10-12,26,29-31H,8-9H2,1-5H3,(H2,22,23,24,25). The van der Waals surface area contributed by atoms with Gasteiger partial charge >= 0.3 is 0 Å². The first-order valence-electron chi connectivity index (χ1n) is 10.2. The highest BCUT2D eigenvalue weighted by Gasteiger charge is 2.34. The van der Waals surface area contributed by atoms with Crippen molar-refractivity contribution in [2.24, 2.45) is 0 Å². The molecule has 11 heteroatoms. The number of phenols is 2. The zero-order valence-electron chi connectivity index (χ0n) is 18.3. The number of aliphatic hydroxyl groups is 1. The number of hydrogen-bond acceptors (Lipinski definition) is 10.